The molecule has 11 heteroatoms. The first-order valence-corrected chi connectivity index (χ1v) is 14.5. The molecule has 0 spiro atoms. The highest BCUT2D eigenvalue weighted by Crippen LogP contribution is 2.47. The van der Waals surface area contributed by atoms with E-state index >= 15 is 0 Å². The highest BCUT2D eigenvalue weighted by atomic mass is 19.1. The van der Waals surface area contributed by atoms with E-state index in [1.165, 1.54) is 19.2 Å². The maximum Gasteiger partial charge on any atom is 0.251 e. The molecule has 0 unspecified atom stereocenters. The summed E-state index contributed by atoms with van der Waals surface area (Å²) in [5, 5.41) is 14.4. The number of aliphatic hydroxyl groups is 1. The molecule has 4 N–H and O–H groups in total. The maximum atomic E-state index is 13.7. The molecule has 234 valence electrons. The van der Waals surface area contributed by atoms with Gasteiger partial charge in [0.05, 0.1) is 38.0 Å². The van der Waals surface area contributed by atoms with Crippen LogP contribution in [0.2, 0.25) is 0 Å². The summed E-state index contributed by atoms with van der Waals surface area (Å²) >= 11 is 0. The molecule has 1 fully saturated rings. The lowest BCUT2D eigenvalue weighted by atomic mass is 9.80. The summed E-state index contributed by atoms with van der Waals surface area (Å²) in [6.07, 6.45) is 0. The first-order valence-electron chi connectivity index (χ1n) is 14.5. The molecule has 0 radical (unpaired) electrons. The molecule has 2 atom stereocenters. The van der Waals surface area contributed by atoms with Gasteiger partial charge in [-0.15, -0.1) is 0 Å². The predicted molar refractivity (Wildman–Crippen MR) is 163 cm³/mol. The molecule has 2 aliphatic rings. The zero-order chi connectivity index (χ0) is 31.5. The highest BCUT2D eigenvalue weighted by molar-refractivity contribution is 5.95. The molecule has 2 aliphatic heterocycles. The average molecular weight is 607 g/mol. The second kappa shape index (κ2) is 12.8. The van der Waals surface area contributed by atoms with Gasteiger partial charge in [0.15, 0.2) is 11.5 Å². The summed E-state index contributed by atoms with van der Waals surface area (Å²) in [5.41, 5.74) is 6.63. The number of pyridine rings is 1. The Labute approximate surface area is 256 Å². The Morgan fingerprint density at radius 3 is 2.61 bits per heavy atom. The van der Waals surface area contributed by atoms with Crippen LogP contribution in [0.5, 0.6) is 17.2 Å². The second-order valence-electron chi connectivity index (χ2n) is 11.5. The lowest BCUT2D eigenvalue weighted by Gasteiger charge is -2.27. The first-order chi connectivity index (χ1) is 21.0. The van der Waals surface area contributed by atoms with Gasteiger partial charge in [0.2, 0.25) is 0 Å². The van der Waals surface area contributed by atoms with Crippen LogP contribution >= 0.6 is 0 Å². The normalized spacial score (nSPS) is 19.4. The summed E-state index contributed by atoms with van der Waals surface area (Å²) < 4.78 is 36.5. The number of rotatable bonds is 11. The van der Waals surface area contributed by atoms with Crippen molar-refractivity contribution in [3.63, 3.8) is 0 Å². The summed E-state index contributed by atoms with van der Waals surface area (Å²) in [6, 6.07) is 12.5. The van der Waals surface area contributed by atoms with Crippen LogP contribution in [0.1, 0.15) is 35.5 Å². The number of morpholine rings is 1. The summed E-state index contributed by atoms with van der Waals surface area (Å²) in [6.45, 7) is 11.9. The molecule has 10 nitrogen and oxygen atoms in total. The summed E-state index contributed by atoms with van der Waals surface area (Å²) in [5.74, 6) is 0.658. The van der Waals surface area contributed by atoms with Crippen LogP contribution in [0, 0.1) is 5.82 Å². The Balaban J connectivity index is 1.33. The first kappa shape index (κ1) is 31.2. The van der Waals surface area contributed by atoms with Gasteiger partial charge >= 0.3 is 0 Å². The second-order valence-corrected chi connectivity index (χ2v) is 11.5. The zero-order valence-electron chi connectivity index (χ0n) is 25.3. The van der Waals surface area contributed by atoms with E-state index in [1.54, 1.807) is 43.3 Å². The van der Waals surface area contributed by atoms with Gasteiger partial charge in [-0.2, -0.15) is 0 Å². The molecule has 3 heterocycles. The number of nitrogens with one attached hydrogen (secondary N) is 1. The minimum Gasteiger partial charge on any atom is -0.493 e. The monoisotopic (exact) mass is 606 g/mol. The number of carbonyl (C=O) groups excluding carboxylic acids is 1. The van der Waals surface area contributed by atoms with Crippen molar-refractivity contribution in [2.45, 2.75) is 24.9 Å². The zero-order valence-corrected chi connectivity index (χ0v) is 25.3. The number of ether oxygens (including phenoxy) is 4. The van der Waals surface area contributed by atoms with E-state index in [9.17, 15) is 14.3 Å². The van der Waals surface area contributed by atoms with Crippen LogP contribution in [0.3, 0.4) is 0 Å². The smallest absolute Gasteiger partial charge is 0.251 e. The van der Waals surface area contributed by atoms with Crippen molar-refractivity contribution in [1.29, 1.82) is 0 Å². The number of nitrogens with zero attached hydrogens (tertiary/aromatic N) is 2. The van der Waals surface area contributed by atoms with E-state index < -0.39 is 16.9 Å². The van der Waals surface area contributed by atoms with E-state index in [2.05, 4.69) is 16.8 Å². The molecule has 1 amide bonds. The van der Waals surface area contributed by atoms with Crippen LogP contribution < -0.4 is 25.3 Å². The van der Waals surface area contributed by atoms with Crippen LogP contribution in [0.15, 0.2) is 60.8 Å². The quantitative estimate of drug-likeness (QED) is 0.301. The molecule has 0 aliphatic carbocycles. The number of benzene rings is 2. The molecule has 44 heavy (non-hydrogen) atoms. The Hall–Kier alpha value is -4.19. The van der Waals surface area contributed by atoms with Crippen molar-refractivity contribution in [2.75, 3.05) is 59.7 Å². The Morgan fingerprint density at radius 2 is 1.93 bits per heavy atom. The maximum absolute atomic E-state index is 13.7. The Kier molecular flexibility index (Phi) is 9.10. The molecule has 0 bridgehead atoms. The molecule has 2 aromatic carbocycles. The van der Waals surface area contributed by atoms with Gasteiger partial charge in [0.1, 0.15) is 36.1 Å². The van der Waals surface area contributed by atoms with Gasteiger partial charge in [0, 0.05) is 42.0 Å². The van der Waals surface area contributed by atoms with E-state index in [1.807, 2.05) is 6.92 Å². The predicted octanol–water partition coefficient (Wildman–Crippen LogP) is 3.37. The number of fused-ring (bicyclic) bond motifs is 1. The SMILES string of the molecule is C=C(N)[C@@]1(C)COc2c1cc([C@@](C)(O)CNC(=O)c1ccc(OCCN3CCOCC3)c(OC)c1)nc2-c1ccc(F)cc1. The highest BCUT2D eigenvalue weighted by Gasteiger charge is 2.42. The van der Waals surface area contributed by atoms with Crippen molar-refractivity contribution in [2.24, 2.45) is 5.73 Å². The van der Waals surface area contributed by atoms with Gasteiger partial charge in [0.25, 0.3) is 5.91 Å². The number of carbonyl (C=O) groups is 1. The lowest BCUT2D eigenvalue weighted by Crippen LogP contribution is -2.39. The minimum atomic E-state index is -1.59. The Bertz CT molecular complexity index is 1520. The molecular formula is C33H39FN4O6. The largest absolute Gasteiger partial charge is 0.493 e. The number of hydrogen-bond acceptors (Lipinski definition) is 9. The number of halogens is 1. The number of methoxy groups -OCH3 is 1. The van der Waals surface area contributed by atoms with E-state index in [0.29, 0.717) is 51.9 Å². The fraction of sp³-hybridized carbons (Fsp3) is 0.394. The third-order valence-corrected chi connectivity index (χ3v) is 8.24. The molecule has 0 saturated carbocycles. The number of nitrogens with two attached hydrogens (primary N) is 1. The minimum absolute atomic E-state index is 0.151. The van der Waals surface area contributed by atoms with Crippen molar-refractivity contribution in [3.05, 3.63) is 83.4 Å². The van der Waals surface area contributed by atoms with Crippen molar-refractivity contribution in [1.82, 2.24) is 15.2 Å². The summed E-state index contributed by atoms with van der Waals surface area (Å²) in [4.78, 5) is 20.2. The van der Waals surface area contributed by atoms with Crippen molar-refractivity contribution in [3.8, 4) is 28.5 Å². The molecule has 5 rings (SSSR count). The molecule has 1 saturated heterocycles. The number of aromatic nitrogens is 1. The standard InChI is InChI=1S/C33H39FN4O6/c1-21(35)32(2)20-44-30-25(32)18-28(37-29(30)22-5-8-24(34)9-6-22)33(3,40)19-36-31(39)23-7-10-26(27(17-23)41-4)43-16-13-38-11-14-42-15-12-38/h5-10,17-18,40H,1,11-16,19-20,35H2,2-4H3,(H,36,39)/t32-,33+/m1/s1. The van der Waals surface area contributed by atoms with Gasteiger partial charge in [-0.05, 0) is 62.4 Å². The van der Waals surface area contributed by atoms with E-state index in [0.717, 1.165) is 32.8 Å². The summed E-state index contributed by atoms with van der Waals surface area (Å²) in [7, 11) is 1.52. The van der Waals surface area contributed by atoms with Crippen LogP contribution in [-0.2, 0) is 15.8 Å². The molecular weight excluding hydrogens is 567 g/mol. The van der Waals surface area contributed by atoms with Crippen LogP contribution in [0.25, 0.3) is 11.3 Å². The molecule has 1 aromatic heterocycles. The number of hydrogen-bond donors (Lipinski definition) is 3. The topological polar surface area (TPSA) is 128 Å². The van der Waals surface area contributed by atoms with Crippen molar-refractivity contribution >= 4 is 5.91 Å². The van der Waals surface area contributed by atoms with Crippen LogP contribution in [-0.4, -0.2) is 80.6 Å². The third-order valence-electron chi connectivity index (χ3n) is 8.24. The Morgan fingerprint density at radius 1 is 1.20 bits per heavy atom. The van der Waals surface area contributed by atoms with E-state index in [-0.39, 0.29) is 24.7 Å². The van der Waals surface area contributed by atoms with Gasteiger partial charge in [-0.3, -0.25) is 9.69 Å². The van der Waals surface area contributed by atoms with E-state index in [4.69, 9.17) is 29.7 Å². The fourth-order valence-corrected chi connectivity index (χ4v) is 5.21. The van der Waals surface area contributed by atoms with Gasteiger partial charge in [-0.1, -0.05) is 6.58 Å². The average Bonchev–Trinajstić information content (AvgIpc) is 3.38. The van der Waals surface area contributed by atoms with Gasteiger partial charge < -0.3 is 35.1 Å². The third kappa shape index (κ3) is 6.50. The van der Waals surface area contributed by atoms with Crippen molar-refractivity contribution < 1.29 is 33.2 Å². The fourth-order valence-electron chi connectivity index (χ4n) is 5.21. The van der Waals surface area contributed by atoms with Gasteiger partial charge in [-0.25, -0.2) is 9.37 Å². The van der Waals surface area contributed by atoms with Crippen LogP contribution in [0.4, 0.5) is 4.39 Å². The lowest BCUT2D eigenvalue weighted by molar-refractivity contribution is 0.0321. The molecule has 3 aromatic rings. The number of amides is 1.